The van der Waals surface area contributed by atoms with Crippen LogP contribution in [-0.2, 0) is 5.41 Å². The average molecular weight is 367 g/mol. The summed E-state index contributed by atoms with van der Waals surface area (Å²) in [5.41, 5.74) is 6.99. The van der Waals surface area contributed by atoms with Crippen LogP contribution in [0.4, 0.5) is 0 Å². The van der Waals surface area contributed by atoms with Crippen molar-refractivity contribution in [2.45, 2.75) is 69.4 Å². The molecule has 22 heavy (non-hydrogen) atoms. The van der Waals surface area contributed by atoms with Gasteiger partial charge in [0.05, 0.1) is 16.1 Å². The number of halogens is 3. The minimum atomic E-state index is -0.437. The molecular weight excluding hydrogens is 341 g/mol. The third-order valence-electron chi connectivity index (χ3n) is 5.39. The van der Waals surface area contributed by atoms with Gasteiger partial charge in [0.2, 0.25) is 0 Å². The molecule has 0 spiro atoms. The van der Waals surface area contributed by atoms with Gasteiger partial charge in [0.1, 0.15) is 0 Å². The number of aliphatic hydroxyl groups is 1. The molecule has 0 heterocycles. The van der Waals surface area contributed by atoms with Crippen molar-refractivity contribution in [3.63, 3.8) is 0 Å². The van der Waals surface area contributed by atoms with Crippen molar-refractivity contribution in [2.75, 3.05) is 0 Å². The molecule has 5 heteroatoms. The highest BCUT2D eigenvalue weighted by molar-refractivity contribution is 6.42. The van der Waals surface area contributed by atoms with E-state index in [0.29, 0.717) is 16.5 Å². The highest BCUT2D eigenvalue weighted by atomic mass is 35.5. The Kier molecular flexibility index (Phi) is 7.04. The minimum Gasteiger partial charge on any atom is -0.392 e. The summed E-state index contributed by atoms with van der Waals surface area (Å²) in [6, 6.07) is 5.72. The predicted molar refractivity (Wildman–Crippen MR) is 97.4 cm³/mol. The van der Waals surface area contributed by atoms with Crippen molar-refractivity contribution in [1.29, 1.82) is 0 Å². The SMILES string of the molecule is CCC(N)(CC)CC(O)C1(c2ccc(Cl)c(Cl)c2)CCC1.Cl. The molecule has 1 unspecified atom stereocenters. The fraction of sp³-hybridized carbons (Fsp3) is 0.647. The van der Waals surface area contributed by atoms with Gasteiger partial charge < -0.3 is 10.8 Å². The molecule has 0 saturated heterocycles. The molecule has 0 bridgehead atoms. The Balaban J connectivity index is 0.00000242. The monoisotopic (exact) mass is 365 g/mol. The molecule has 1 saturated carbocycles. The summed E-state index contributed by atoms with van der Waals surface area (Å²) < 4.78 is 0. The van der Waals surface area contributed by atoms with E-state index in [2.05, 4.69) is 13.8 Å². The Hall–Kier alpha value is 0.01000. The Bertz CT molecular complexity index is 499. The quantitative estimate of drug-likeness (QED) is 0.735. The zero-order valence-electron chi connectivity index (χ0n) is 13.2. The maximum absolute atomic E-state index is 10.9. The minimum absolute atomic E-state index is 0. The van der Waals surface area contributed by atoms with E-state index in [4.69, 9.17) is 28.9 Å². The summed E-state index contributed by atoms with van der Waals surface area (Å²) in [7, 11) is 0. The number of hydrogen-bond acceptors (Lipinski definition) is 2. The summed E-state index contributed by atoms with van der Waals surface area (Å²) >= 11 is 12.2. The van der Waals surface area contributed by atoms with Crippen LogP contribution in [0.5, 0.6) is 0 Å². The van der Waals surface area contributed by atoms with E-state index in [1.807, 2.05) is 18.2 Å². The number of rotatable bonds is 6. The molecule has 1 aromatic rings. The number of nitrogens with two attached hydrogens (primary N) is 1. The third kappa shape index (κ3) is 3.73. The normalized spacial score (nSPS) is 18.3. The van der Waals surface area contributed by atoms with E-state index >= 15 is 0 Å². The van der Waals surface area contributed by atoms with Crippen molar-refractivity contribution in [3.05, 3.63) is 33.8 Å². The molecule has 1 aromatic carbocycles. The van der Waals surface area contributed by atoms with Crippen molar-refractivity contribution >= 4 is 35.6 Å². The third-order valence-corrected chi connectivity index (χ3v) is 6.13. The largest absolute Gasteiger partial charge is 0.392 e. The van der Waals surface area contributed by atoms with Crippen molar-refractivity contribution in [3.8, 4) is 0 Å². The lowest BCUT2D eigenvalue weighted by molar-refractivity contribution is 0.00529. The molecule has 3 N–H and O–H groups in total. The van der Waals surface area contributed by atoms with Crippen LogP contribution in [0.15, 0.2) is 18.2 Å². The first-order chi connectivity index (χ1) is 9.87. The van der Waals surface area contributed by atoms with Gasteiger partial charge in [0.15, 0.2) is 0 Å². The number of aliphatic hydroxyl groups excluding tert-OH is 1. The average Bonchev–Trinajstić information content (AvgIpc) is 2.41. The van der Waals surface area contributed by atoms with Gasteiger partial charge in [-0.25, -0.2) is 0 Å². The van der Waals surface area contributed by atoms with Gasteiger partial charge in [-0.15, -0.1) is 12.4 Å². The van der Waals surface area contributed by atoms with Gasteiger partial charge in [-0.05, 0) is 49.8 Å². The number of hydrogen-bond donors (Lipinski definition) is 2. The molecule has 0 amide bonds. The fourth-order valence-corrected chi connectivity index (χ4v) is 3.59. The van der Waals surface area contributed by atoms with Gasteiger partial charge in [0, 0.05) is 11.0 Å². The lowest BCUT2D eigenvalue weighted by Crippen LogP contribution is -2.51. The van der Waals surface area contributed by atoms with E-state index in [0.717, 1.165) is 37.7 Å². The number of benzene rings is 1. The van der Waals surface area contributed by atoms with Crippen LogP contribution < -0.4 is 5.73 Å². The van der Waals surface area contributed by atoms with E-state index in [9.17, 15) is 5.11 Å². The van der Waals surface area contributed by atoms with E-state index in [1.54, 1.807) is 0 Å². The summed E-state index contributed by atoms with van der Waals surface area (Å²) in [6.45, 7) is 4.17. The highest BCUT2D eigenvalue weighted by Crippen LogP contribution is 2.49. The molecule has 1 atom stereocenters. The second kappa shape index (κ2) is 7.72. The smallest absolute Gasteiger partial charge is 0.0654 e. The van der Waals surface area contributed by atoms with Crippen molar-refractivity contribution in [1.82, 2.24) is 0 Å². The molecule has 1 aliphatic rings. The zero-order valence-corrected chi connectivity index (χ0v) is 15.6. The van der Waals surface area contributed by atoms with Crippen LogP contribution >= 0.6 is 35.6 Å². The van der Waals surface area contributed by atoms with E-state index in [1.165, 1.54) is 0 Å². The maximum atomic E-state index is 10.9. The highest BCUT2D eigenvalue weighted by Gasteiger charge is 2.46. The lowest BCUT2D eigenvalue weighted by Gasteiger charge is -2.48. The van der Waals surface area contributed by atoms with Crippen LogP contribution in [0.2, 0.25) is 10.0 Å². The molecule has 0 aliphatic heterocycles. The predicted octanol–water partition coefficient (Wildman–Crippen LogP) is 5.11. The lowest BCUT2D eigenvalue weighted by atomic mass is 9.59. The second-order valence-electron chi connectivity index (χ2n) is 6.43. The maximum Gasteiger partial charge on any atom is 0.0654 e. The molecule has 2 rings (SSSR count). The first-order valence-electron chi connectivity index (χ1n) is 7.79. The van der Waals surface area contributed by atoms with Crippen LogP contribution in [0.3, 0.4) is 0 Å². The Morgan fingerprint density at radius 2 is 1.82 bits per heavy atom. The van der Waals surface area contributed by atoms with Gasteiger partial charge in [0.25, 0.3) is 0 Å². The molecular formula is C17H26Cl3NO. The summed E-state index contributed by atoms with van der Waals surface area (Å²) in [5, 5.41) is 12.0. The molecule has 2 nitrogen and oxygen atoms in total. The van der Waals surface area contributed by atoms with Crippen LogP contribution in [0.25, 0.3) is 0 Å². The summed E-state index contributed by atoms with van der Waals surface area (Å²) in [5.74, 6) is 0. The van der Waals surface area contributed by atoms with E-state index in [-0.39, 0.29) is 23.4 Å². The molecule has 0 aromatic heterocycles. The Morgan fingerprint density at radius 3 is 2.23 bits per heavy atom. The molecule has 1 fully saturated rings. The van der Waals surface area contributed by atoms with Gasteiger partial charge in [-0.1, -0.05) is 49.5 Å². The van der Waals surface area contributed by atoms with Crippen LogP contribution in [0, 0.1) is 0 Å². The summed E-state index contributed by atoms with van der Waals surface area (Å²) in [4.78, 5) is 0. The van der Waals surface area contributed by atoms with E-state index < -0.39 is 6.10 Å². The van der Waals surface area contributed by atoms with Crippen molar-refractivity contribution in [2.24, 2.45) is 5.73 Å². The zero-order chi connectivity index (χ0) is 15.7. The second-order valence-corrected chi connectivity index (χ2v) is 7.24. The Morgan fingerprint density at radius 1 is 1.23 bits per heavy atom. The molecule has 0 radical (unpaired) electrons. The van der Waals surface area contributed by atoms with Gasteiger partial charge in [-0.2, -0.15) is 0 Å². The topological polar surface area (TPSA) is 46.2 Å². The fourth-order valence-electron chi connectivity index (χ4n) is 3.30. The van der Waals surface area contributed by atoms with Gasteiger partial charge in [-0.3, -0.25) is 0 Å². The molecule has 1 aliphatic carbocycles. The first-order valence-corrected chi connectivity index (χ1v) is 8.55. The van der Waals surface area contributed by atoms with Crippen LogP contribution in [-0.4, -0.2) is 16.7 Å². The first kappa shape index (κ1) is 20.1. The summed E-state index contributed by atoms with van der Waals surface area (Å²) in [6.07, 6.45) is 5.03. The molecule has 126 valence electrons. The van der Waals surface area contributed by atoms with Gasteiger partial charge >= 0.3 is 0 Å². The van der Waals surface area contributed by atoms with Crippen LogP contribution in [0.1, 0.15) is 57.9 Å². The van der Waals surface area contributed by atoms with Crippen molar-refractivity contribution < 1.29 is 5.11 Å². The Labute approximate surface area is 149 Å². The standard InChI is InChI=1S/C17H25Cl2NO.ClH/c1-3-16(20,4-2)11-15(21)17(8-5-9-17)12-6-7-13(18)14(19)10-12;/h6-7,10,15,21H,3-5,8-9,11,20H2,1-2H3;1H.